The van der Waals surface area contributed by atoms with Crippen LogP contribution in [0.1, 0.15) is 6.42 Å². The summed E-state index contributed by atoms with van der Waals surface area (Å²) in [6.07, 6.45) is 7.74. The molecule has 4 heterocycles. The summed E-state index contributed by atoms with van der Waals surface area (Å²) in [6, 6.07) is 4.62. The highest BCUT2D eigenvalue weighted by Gasteiger charge is 2.21. The van der Waals surface area contributed by atoms with Gasteiger partial charge in [0.2, 0.25) is 5.65 Å². The van der Waals surface area contributed by atoms with Crippen molar-refractivity contribution < 1.29 is 4.39 Å². The second-order valence-corrected chi connectivity index (χ2v) is 6.50. The first kappa shape index (κ1) is 15.9. The van der Waals surface area contributed by atoms with Crippen molar-refractivity contribution in [3.05, 3.63) is 49.1 Å². The third-order valence-electron chi connectivity index (χ3n) is 4.87. The summed E-state index contributed by atoms with van der Waals surface area (Å²) in [4.78, 5) is 17.6. The predicted octanol–water partition coefficient (Wildman–Crippen LogP) is 1.92. The molecule has 0 aliphatic carbocycles. The molecule has 1 aliphatic heterocycles. The minimum Gasteiger partial charge on any atom is -0.354 e. The van der Waals surface area contributed by atoms with Gasteiger partial charge in [-0.15, -0.1) is 10.2 Å². The monoisotopic (exact) mass is 364 g/mol. The molecule has 8 nitrogen and oxygen atoms in total. The zero-order chi connectivity index (χ0) is 18.2. The molecule has 1 fully saturated rings. The Bertz CT molecular complexity index is 1110. The lowest BCUT2D eigenvalue weighted by molar-refractivity contribution is 0.629. The summed E-state index contributed by atoms with van der Waals surface area (Å²) in [6.45, 7) is 3.20. The highest BCUT2D eigenvalue weighted by Crippen LogP contribution is 2.26. The zero-order valence-electron chi connectivity index (χ0n) is 14.5. The number of aromatic nitrogens is 6. The number of fused-ring (bicyclic) bond motifs is 2. The van der Waals surface area contributed by atoms with Crippen LogP contribution in [-0.2, 0) is 0 Å². The Balaban J connectivity index is 1.45. The van der Waals surface area contributed by atoms with Crippen molar-refractivity contribution in [2.45, 2.75) is 6.42 Å². The minimum absolute atomic E-state index is 0.280. The number of hydrogen-bond acceptors (Lipinski definition) is 7. The lowest BCUT2D eigenvalue weighted by atomic mass is 10.2. The van der Waals surface area contributed by atoms with Gasteiger partial charge >= 0.3 is 0 Å². The number of rotatable bonds is 2. The average Bonchev–Trinajstić information content (AvgIpc) is 3.05. The first-order valence-corrected chi connectivity index (χ1v) is 8.84. The van der Waals surface area contributed by atoms with Gasteiger partial charge in [0.25, 0.3) is 0 Å². The van der Waals surface area contributed by atoms with E-state index < -0.39 is 0 Å². The van der Waals surface area contributed by atoms with Gasteiger partial charge in [-0.1, -0.05) is 0 Å². The normalized spacial score (nSPS) is 15.4. The molecule has 4 aromatic rings. The van der Waals surface area contributed by atoms with Gasteiger partial charge in [-0.25, -0.2) is 19.3 Å². The van der Waals surface area contributed by atoms with Crippen LogP contribution in [0.5, 0.6) is 0 Å². The molecule has 0 spiro atoms. The van der Waals surface area contributed by atoms with E-state index >= 15 is 0 Å². The standard InChI is InChI=1S/C18H17FN8/c19-13-2-3-15-14(10-13)16(22-11-21-15)25-5-1-6-26(9-8-25)17-18-24-23-12-27(18)7-4-20-17/h2-4,7,10-12H,1,5-6,8-9H2. The van der Waals surface area contributed by atoms with Crippen molar-refractivity contribution in [3.8, 4) is 0 Å². The highest BCUT2D eigenvalue weighted by molar-refractivity contribution is 5.89. The molecule has 0 N–H and O–H groups in total. The number of nitrogens with zero attached hydrogens (tertiary/aromatic N) is 8. The molecule has 0 radical (unpaired) electrons. The Morgan fingerprint density at radius 3 is 2.67 bits per heavy atom. The second-order valence-electron chi connectivity index (χ2n) is 6.50. The van der Waals surface area contributed by atoms with Crippen LogP contribution >= 0.6 is 0 Å². The smallest absolute Gasteiger partial charge is 0.203 e. The fourth-order valence-corrected chi connectivity index (χ4v) is 3.58. The van der Waals surface area contributed by atoms with Gasteiger partial charge in [-0.05, 0) is 24.6 Å². The zero-order valence-corrected chi connectivity index (χ0v) is 14.5. The summed E-state index contributed by atoms with van der Waals surface area (Å²) < 4.78 is 15.6. The van der Waals surface area contributed by atoms with Crippen LogP contribution in [0.2, 0.25) is 0 Å². The summed E-state index contributed by atoms with van der Waals surface area (Å²) in [7, 11) is 0. The van der Waals surface area contributed by atoms with Gasteiger partial charge in [0.15, 0.2) is 5.82 Å². The molecule has 3 aromatic heterocycles. The van der Waals surface area contributed by atoms with Gasteiger partial charge in [0.1, 0.15) is 24.3 Å². The predicted molar refractivity (Wildman–Crippen MR) is 99.3 cm³/mol. The van der Waals surface area contributed by atoms with Gasteiger partial charge < -0.3 is 9.80 Å². The molecule has 0 unspecified atom stereocenters. The molecular formula is C18H17FN8. The van der Waals surface area contributed by atoms with Crippen LogP contribution in [0.3, 0.4) is 0 Å². The van der Waals surface area contributed by atoms with E-state index in [0.717, 1.165) is 60.8 Å². The third kappa shape index (κ3) is 2.80. The van der Waals surface area contributed by atoms with Crippen LogP contribution in [0.4, 0.5) is 16.0 Å². The van der Waals surface area contributed by atoms with Gasteiger partial charge in [-0.2, -0.15) is 0 Å². The summed E-state index contributed by atoms with van der Waals surface area (Å²) >= 11 is 0. The Morgan fingerprint density at radius 1 is 0.926 bits per heavy atom. The van der Waals surface area contributed by atoms with E-state index in [-0.39, 0.29) is 5.82 Å². The second kappa shape index (κ2) is 6.42. The lowest BCUT2D eigenvalue weighted by Crippen LogP contribution is -2.32. The topological polar surface area (TPSA) is 75.3 Å². The van der Waals surface area contributed by atoms with Crippen molar-refractivity contribution in [2.24, 2.45) is 0 Å². The molecule has 0 bridgehead atoms. The lowest BCUT2D eigenvalue weighted by Gasteiger charge is -2.24. The van der Waals surface area contributed by atoms with E-state index in [1.165, 1.54) is 18.5 Å². The SMILES string of the molecule is Fc1ccc2ncnc(N3CCCN(c4nccn5cnnc45)CC3)c2c1. The maximum atomic E-state index is 13.8. The van der Waals surface area contributed by atoms with Gasteiger partial charge in [0, 0.05) is 44.0 Å². The Labute approximate surface area is 154 Å². The first-order chi connectivity index (χ1) is 13.3. The fraction of sp³-hybridized carbons (Fsp3) is 0.278. The van der Waals surface area contributed by atoms with Crippen LogP contribution in [0.25, 0.3) is 16.6 Å². The molecule has 1 saturated heterocycles. The Morgan fingerprint density at radius 2 is 1.78 bits per heavy atom. The number of anilines is 2. The van der Waals surface area contributed by atoms with E-state index in [9.17, 15) is 4.39 Å². The van der Waals surface area contributed by atoms with Crippen LogP contribution in [0.15, 0.2) is 43.2 Å². The number of benzene rings is 1. The van der Waals surface area contributed by atoms with Gasteiger partial charge in [-0.3, -0.25) is 4.40 Å². The molecule has 0 atom stereocenters. The van der Waals surface area contributed by atoms with Crippen molar-refractivity contribution >= 4 is 28.2 Å². The van der Waals surface area contributed by atoms with Crippen LogP contribution in [-0.4, -0.2) is 55.7 Å². The van der Waals surface area contributed by atoms with E-state index in [2.05, 4.69) is 34.9 Å². The molecule has 0 amide bonds. The molecule has 1 aliphatic rings. The van der Waals surface area contributed by atoms with Crippen molar-refractivity contribution in [2.75, 3.05) is 36.0 Å². The Kier molecular flexibility index (Phi) is 3.77. The number of halogens is 1. The van der Waals surface area contributed by atoms with Crippen molar-refractivity contribution in [1.29, 1.82) is 0 Å². The van der Waals surface area contributed by atoms with E-state index in [1.54, 1.807) is 18.6 Å². The van der Waals surface area contributed by atoms with E-state index in [4.69, 9.17) is 0 Å². The van der Waals surface area contributed by atoms with Gasteiger partial charge in [0.05, 0.1) is 5.52 Å². The van der Waals surface area contributed by atoms with Crippen LogP contribution < -0.4 is 9.80 Å². The highest BCUT2D eigenvalue weighted by atomic mass is 19.1. The quantitative estimate of drug-likeness (QED) is 0.538. The maximum Gasteiger partial charge on any atom is 0.203 e. The molecule has 5 rings (SSSR count). The summed E-state index contributed by atoms with van der Waals surface area (Å²) in [5, 5.41) is 8.89. The average molecular weight is 364 g/mol. The Hall–Kier alpha value is -3.36. The molecule has 9 heteroatoms. The van der Waals surface area contributed by atoms with E-state index in [0.29, 0.717) is 0 Å². The molecule has 27 heavy (non-hydrogen) atoms. The molecule has 0 saturated carbocycles. The van der Waals surface area contributed by atoms with Crippen LogP contribution in [0, 0.1) is 5.82 Å². The summed E-state index contributed by atoms with van der Waals surface area (Å²) in [5.41, 5.74) is 1.50. The largest absolute Gasteiger partial charge is 0.354 e. The first-order valence-electron chi connectivity index (χ1n) is 8.84. The molecular weight excluding hydrogens is 347 g/mol. The minimum atomic E-state index is -0.280. The van der Waals surface area contributed by atoms with Crippen molar-refractivity contribution in [1.82, 2.24) is 29.5 Å². The molecule has 1 aromatic carbocycles. The maximum absolute atomic E-state index is 13.8. The third-order valence-corrected chi connectivity index (χ3v) is 4.87. The van der Waals surface area contributed by atoms with E-state index in [1.807, 2.05) is 10.6 Å². The number of hydrogen-bond donors (Lipinski definition) is 0. The summed E-state index contributed by atoms with van der Waals surface area (Å²) in [5.74, 6) is 1.32. The van der Waals surface area contributed by atoms with Crippen molar-refractivity contribution in [3.63, 3.8) is 0 Å². The molecule has 136 valence electrons. The fourth-order valence-electron chi connectivity index (χ4n) is 3.58.